The van der Waals surface area contributed by atoms with Crippen LogP contribution in [0.4, 0.5) is 0 Å². The van der Waals surface area contributed by atoms with Gasteiger partial charge in [0.05, 0.1) is 10.0 Å². The van der Waals surface area contributed by atoms with E-state index < -0.39 is 0 Å². The second kappa shape index (κ2) is 6.34. The van der Waals surface area contributed by atoms with Crippen LogP contribution in [0.2, 0.25) is 15.1 Å². The molecule has 1 aromatic rings. The van der Waals surface area contributed by atoms with Crippen molar-refractivity contribution in [1.82, 2.24) is 0 Å². The van der Waals surface area contributed by atoms with Gasteiger partial charge in [-0.2, -0.15) is 0 Å². The first-order valence-electron chi connectivity index (χ1n) is 6.12. The summed E-state index contributed by atoms with van der Waals surface area (Å²) in [6.07, 6.45) is 0. The Hall–Kier alpha value is 0.240. The lowest BCUT2D eigenvalue weighted by molar-refractivity contribution is 0.249. The molecule has 0 aliphatic carbocycles. The molecule has 108 valence electrons. The minimum absolute atomic E-state index is 0.117. The lowest BCUT2D eigenvalue weighted by atomic mass is 9.78. The highest BCUT2D eigenvalue weighted by Crippen LogP contribution is 2.47. The van der Waals surface area contributed by atoms with E-state index in [-0.39, 0.29) is 21.2 Å². The monoisotopic (exact) mass is 340 g/mol. The van der Waals surface area contributed by atoms with Gasteiger partial charge in [0.15, 0.2) is 5.75 Å². The molecule has 0 spiro atoms. The smallest absolute Gasteiger partial charge is 0.154 e. The Morgan fingerprint density at radius 2 is 1.63 bits per heavy atom. The molecular weight excluding hydrogens is 323 g/mol. The molecule has 19 heavy (non-hydrogen) atoms. The molecule has 1 rings (SSSR count). The molecule has 1 unspecified atom stereocenters. The summed E-state index contributed by atoms with van der Waals surface area (Å²) in [6.45, 7) is 11.0. The quantitative estimate of drug-likeness (QED) is 0.497. The molecule has 0 saturated carbocycles. The van der Waals surface area contributed by atoms with Crippen molar-refractivity contribution in [2.45, 2.75) is 44.8 Å². The average molecular weight is 342 g/mol. The fourth-order valence-corrected chi connectivity index (χ4v) is 3.66. The first-order valence-corrected chi connectivity index (χ1v) is 8.13. The van der Waals surface area contributed by atoms with E-state index in [1.54, 1.807) is 17.8 Å². The lowest BCUT2D eigenvalue weighted by Gasteiger charge is -2.35. The molecule has 0 heterocycles. The predicted molar refractivity (Wildman–Crippen MR) is 87.1 cm³/mol. The molecule has 0 aromatic heterocycles. The van der Waals surface area contributed by atoms with Gasteiger partial charge >= 0.3 is 0 Å². The van der Waals surface area contributed by atoms with E-state index in [1.807, 2.05) is 0 Å². The second-order valence-electron chi connectivity index (χ2n) is 5.57. The van der Waals surface area contributed by atoms with Gasteiger partial charge in [-0.15, -0.1) is 11.8 Å². The number of hydrogen-bond donors (Lipinski definition) is 1. The summed E-state index contributed by atoms with van der Waals surface area (Å²) >= 11 is 19.7. The van der Waals surface area contributed by atoms with E-state index in [9.17, 15) is 5.11 Å². The fraction of sp³-hybridized carbons (Fsp3) is 0.571. The summed E-state index contributed by atoms with van der Waals surface area (Å²) in [5.74, 6) is 0.380. The lowest BCUT2D eigenvalue weighted by Crippen LogP contribution is -2.29. The molecule has 0 bridgehead atoms. The van der Waals surface area contributed by atoms with Gasteiger partial charge in [0.1, 0.15) is 5.02 Å². The van der Waals surface area contributed by atoms with E-state index >= 15 is 0 Å². The zero-order valence-corrected chi connectivity index (χ0v) is 14.8. The van der Waals surface area contributed by atoms with Gasteiger partial charge in [-0.3, -0.25) is 0 Å². The predicted octanol–water partition coefficient (Wildman–Crippen LogP) is 6.52. The summed E-state index contributed by atoms with van der Waals surface area (Å²) in [7, 11) is 0. The van der Waals surface area contributed by atoms with Crippen molar-refractivity contribution < 1.29 is 5.11 Å². The van der Waals surface area contributed by atoms with Crippen LogP contribution in [0.1, 0.15) is 34.6 Å². The van der Waals surface area contributed by atoms with Crippen molar-refractivity contribution in [3.8, 4) is 5.75 Å². The molecule has 0 radical (unpaired) electrons. The summed E-state index contributed by atoms with van der Waals surface area (Å²) < 4.78 is 0. The van der Waals surface area contributed by atoms with Gasteiger partial charge < -0.3 is 5.11 Å². The van der Waals surface area contributed by atoms with Crippen LogP contribution in [0, 0.1) is 11.3 Å². The van der Waals surface area contributed by atoms with Gasteiger partial charge in [-0.05, 0) is 17.4 Å². The molecular formula is C14H19Cl3OS. The summed E-state index contributed by atoms with van der Waals surface area (Å²) in [5.41, 5.74) is 0.144. The summed E-state index contributed by atoms with van der Waals surface area (Å²) in [4.78, 5) is 0.802. The topological polar surface area (TPSA) is 20.2 Å². The standard InChI is InChI=1S/C14H19Cl3OS/c1-7(2)14(4,5)8(3)19-10-6-9(15)13(18)12(17)11(10)16/h6-8,18H,1-5H3. The summed E-state index contributed by atoms with van der Waals surface area (Å²) in [6, 6.07) is 1.67. The Morgan fingerprint density at radius 1 is 1.11 bits per heavy atom. The van der Waals surface area contributed by atoms with Crippen LogP contribution in [0.25, 0.3) is 0 Å². The Balaban J connectivity index is 3.08. The Morgan fingerprint density at radius 3 is 2.11 bits per heavy atom. The maximum Gasteiger partial charge on any atom is 0.154 e. The van der Waals surface area contributed by atoms with Crippen molar-refractivity contribution >= 4 is 46.6 Å². The molecule has 0 amide bonds. The number of phenolic OH excluding ortho intramolecular Hbond substituents is 1. The van der Waals surface area contributed by atoms with Crippen LogP contribution in [0.15, 0.2) is 11.0 Å². The van der Waals surface area contributed by atoms with Crippen LogP contribution in [0.5, 0.6) is 5.75 Å². The Bertz CT molecular complexity index is 472. The average Bonchev–Trinajstić information content (AvgIpc) is 2.32. The molecule has 1 nitrogen and oxygen atoms in total. The molecule has 1 aromatic carbocycles. The normalized spacial score (nSPS) is 13.9. The van der Waals surface area contributed by atoms with Gasteiger partial charge in [-0.1, -0.05) is 69.4 Å². The number of thioether (sulfide) groups is 1. The van der Waals surface area contributed by atoms with Crippen LogP contribution < -0.4 is 0 Å². The minimum atomic E-state index is -0.159. The number of hydrogen-bond acceptors (Lipinski definition) is 2. The van der Waals surface area contributed by atoms with Crippen LogP contribution in [-0.2, 0) is 0 Å². The third kappa shape index (κ3) is 3.66. The van der Waals surface area contributed by atoms with Gasteiger partial charge in [0.25, 0.3) is 0 Å². The van der Waals surface area contributed by atoms with Crippen molar-refractivity contribution in [3.05, 3.63) is 21.1 Å². The maximum atomic E-state index is 9.64. The summed E-state index contributed by atoms with van der Waals surface area (Å²) in [5, 5.41) is 10.7. The molecule has 0 aliphatic rings. The highest BCUT2D eigenvalue weighted by atomic mass is 35.5. The van der Waals surface area contributed by atoms with Gasteiger partial charge in [-0.25, -0.2) is 0 Å². The first-order chi connectivity index (χ1) is 8.59. The number of phenols is 1. The fourth-order valence-electron chi connectivity index (χ4n) is 1.46. The molecule has 0 aliphatic heterocycles. The maximum absolute atomic E-state index is 9.64. The van der Waals surface area contributed by atoms with E-state index in [0.29, 0.717) is 16.2 Å². The highest BCUT2D eigenvalue weighted by molar-refractivity contribution is 8.00. The van der Waals surface area contributed by atoms with E-state index in [2.05, 4.69) is 34.6 Å². The van der Waals surface area contributed by atoms with E-state index in [4.69, 9.17) is 34.8 Å². The van der Waals surface area contributed by atoms with Crippen LogP contribution in [0.3, 0.4) is 0 Å². The Kier molecular flexibility index (Phi) is 5.77. The number of aromatic hydroxyl groups is 1. The third-order valence-electron chi connectivity index (χ3n) is 3.94. The van der Waals surface area contributed by atoms with Crippen LogP contribution >= 0.6 is 46.6 Å². The van der Waals surface area contributed by atoms with Crippen molar-refractivity contribution in [2.24, 2.45) is 11.3 Å². The molecule has 5 heteroatoms. The van der Waals surface area contributed by atoms with E-state index in [1.165, 1.54) is 0 Å². The molecule has 0 saturated heterocycles. The van der Waals surface area contributed by atoms with Gasteiger partial charge in [0, 0.05) is 10.1 Å². The molecule has 0 fully saturated rings. The minimum Gasteiger partial charge on any atom is -0.505 e. The van der Waals surface area contributed by atoms with E-state index in [0.717, 1.165) is 4.90 Å². The largest absolute Gasteiger partial charge is 0.505 e. The zero-order chi connectivity index (χ0) is 15.0. The number of halogens is 3. The second-order valence-corrected chi connectivity index (χ2v) is 8.12. The Labute approximate surface area is 134 Å². The first kappa shape index (κ1) is 17.3. The SMILES string of the molecule is CC(C)C(C)(C)C(C)Sc1cc(Cl)c(O)c(Cl)c1Cl. The molecule has 1 atom stereocenters. The molecule has 1 N–H and O–H groups in total. The highest BCUT2D eigenvalue weighted by Gasteiger charge is 2.31. The van der Waals surface area contributed by atoms with Crippen LogP contribution in [-0.4, -0.2) is 10.4 Å². The van der Waals surface area contributed by atoms with Crippen molar-refractivity contribution in [1.29, 1.82) is 0 Å². The van der Waals surface area contributed by atoms with Crippen molar-refractivity contribution in [2.75, 3.05) is 0 Å². The van der Waals surface area contributed by atoms with Gasteiger partial charge in [0.2, 0.25) is 0 Å². The number of rotatable bonds is 4. The zero-order valence-electron chi connectivity index (χ0n) is 11.7. The number of benzene rings is 1. The van der Waals surface area contributed by atoms with Crippen molar-refractivity contribution in [3.63, 3.8) is 0 Å². The third-order valence-corrected chi connectivity index (χ3v) is 6.73.